The first-order valence-corrected chi connectivity index (χ1v) is 4.83. The first kappa shape index (κ1) is 11.7. The quantitative estimate of drug-likeness (QED) is 0.782. The number of aliphatic hydroxyl groups excluding tert-OH is 1. The highest BCUT2D eigenvalue weighted by molar-refractivity contribution is 5.74. The minimum Gasteiger partial charge on any atom is -0.479 e. The molecule has 0 saturated heterocycles. The van der Waals surface area contributed by atoms with Crippen LogP contribution >= 0.6 is 0 Å². The number of hydrogen-bond donors (Lipinski definition) is 2. The molecular weight excluding hydrogens is 192 g/mol. The fourth-order valence-electron chi connectivity index (χ4n) is 1.31. The summed E-state index contributed by atoms with van der Waals surface area (Å²) in [6, 6.07) is 7.00. The standard InChI is InChI=1S/C12H16O3/c1-12(2,3)9-6-4-8(5-7-9)10(13)11(14)15/h4-7,10,13H,1-3H3,(H,14,15). The number of rotatable bonds is 2. The van der Waals surface area contributed by atoms with Gasteiger partial charge in [0, 0.05) is 0 Å². The van der Waals surface area contributed by atoms with E-state index in [4.69, 9.17) is 5.11 Å². The van der Waals surface area contributed by atoms with Crippen LogP contribution in [0.3, 0.4) is 0 Å². The zero-order valence-electron chi connectivity index (χ0n) is 9.19. The molecule has 0 radical (unpaired) electrons. The van der Waals surface area contributed by atoms with Crippen molar-refractivity contribution in [2.45, 2.75) is 32.3 Å². The molecule has 0 saturated carbocycles. The molecule has 0 aliphatic heterocycles. The zero-order chi connectivity index (χ0) is 11.6. The highest BCUT2D eigenvalue weighted by Gasteiger charge is 2.17. The lowest BCUT2D eigenvalue weighted by Gasteiger charge is -2.19. The molecule has 0 aliphatic carbocycles. The maximum absolute atomic E-state index is 10.5. The summed E-state index contributed by atoms with van der Waals surface area (Å²) in [5.74, 6) is -1.22. The van der Waals surface area contributed by atoms with E-state index in [-0.39, 0.29) is 5.41 Å². The van der Waals surface area contributed by atoms with E-state index < -0.39 is 12.1 Å². The zero-order valence-corrected chi connectivity index (χ0v) is 9.19. The van der Waals surface area contributed by atoms with Crippen molar-refractivity contribution in [1.82, 2.24) is 0 Å². The molecule has 2 N–H and O–H groups in total. The SMILES string of the molecule is CC(C)(C)c1ccc(C(O)C(=O)O)cc1. The number of carboxylic acid groups (broad SMARTS) is 1. The Labute approximate surface area is 89.4 Å². The Kier molecular flexibility index (Phi) is 3.15. The topological polar surface area (TPSA) is 57.5 Å². The first-order valence-electron chi connectivity index (χ1n) is 4.83. The van der Waals surface area contributed by atoms with Crippen LogP contribution < -0.4 is 0 Å². The van der Waals surface area contributed by atoms with E-state index in [0.29, 0.717) is 5.56 Å². The summed E-state index contributed by atoms with van der Waals surface area (Å²) in [6.07, 6.45) is -1.43. The van der Waals surface area contributed by atoms with Crippen LogP contribution in [0.1, 0.15) is 38.0 Å². The number of benzene rings is 1. The predicted octanol–water partition coefficient (Wildman–Crippen LogP) is 2.10. The highest BCUT2D eigenvalue weighted by atomic mass is 16.4. The lowest BCUT2D eigenvalue weighted by molar-refractivity contribution is -0.146. The third-order valence-electron chi connectivity index (χ3n) is 2.33. The summed E-state index contributed by atoms with van der Waals surface area (Å²) in [7, 11) is 0. The molecule has 1 unspecified atom stereocenters. The molecule has 0 fully saturated rings. The van der Waals surface area contributed by atoms with Crippen molar-refractivity contribution < 1.29 is 15.0 Å². The fraction of sp³-hybridized carbons (Fsp3) is 0.417. The van der Waals surface area contributed by atoms with E-state index >= 15 is 0 Å². The average molecular weight is 208 g/mol. The summed E-state index contributed by atoms with van der Waals surface area (Å²) in [5.41, 5.74) is 1.56. The number of hydrogen-bond acceptors (Lipinski definition) is 2. The summed E-state index contributed by atoms with van der Waals surface area (Å²) in [5, 5.41) is 17.9. The van der Waals surface area contributed by atoms with Gasteiger partial charge in [0.1, 0.15) is 0 Å². The van der Waals surface area contributed by atoms with Gasteiger partial charge < -0.3 is 10.2 Å². The van der Waals surface area contributed by atoms with Crippen molar-refractivity contribution in [1.29, 1.82) is 0 Å². The summed E-state index contributed by atoms with van der Waals surface area (Å²) in [4.78, 5) is 10.5. The number of carbonyl (C=O) groups is 1. The van der Waals surface area contributed by atoms with Crippen LogP contribution in [0.15, 0.2) is 24.3 Å². The van der Waals surface area contributed by atoms with Crippen molar-refractivity contribution in [2.75, 3.05) is 0 Å². The van der Waals surface area contributed by atoms with E-state index in [2.05, 4.69) is 20.8 Å². The minimum atomic E-state index is -1.43. The second-order valence-corrected chi connectivity index (χ2v) is 4.61. The van der Waals surface area contributed by atoms with Gasteiger partial charge in [-0.2, -0.15) is 0 Å². The number of carboxylic acids is 1. The molecule has 0 bridgehead atoms. The van der Waals surface area contributed by atoms with E-state index in [1.807, 2.05) is 12.1 Å². The first-order chi connectivity index (χ1) is 6.82. The molecule has 0 spiro atoms. The highest BCUT2D eigenvalue weighted by Crippen LogP contribution is 2.23. The molecule has 15 heavy (non-hydrogen) atoms. The van der Waals surface area contributed by atoms with Crippen LogP contribution in [0.25, 0.3) is 0 Å². The Morgan fingerprint density at radius 2 is 1.67 bits per heavy atom. The molecule has 3 heteroatoms. The lowest BCUT2D eigenvalue weighted by Crippen LogP contribution is -2.13. The molecule has 0 aliphatic rings. The monoisotopic (exact) mass is 208 g/mol. The largest absolute Gasteiger partial charge is 0.479 e. The summed E-state index contributed by atoms with van der Waals surface area (Å²) < 4.78 is 0. The van der Waals surface area contributed by atoms with Crippen molar-refractivity contribution in [3.8, 4) is 0 Å². The van der Waals surface area contributed by atoms with Crippen LogP contribution in [-0.2, 0) is 10.2 Å². The predicted molar refractivity (Wildman–Crippen MR) is 57.7 cm³/mol. The van der Waals surface area contributed by atoms with Crippen molar-refractivity contribution in [3.63, 3.8) is 0 Å². The van der Waals surface area contributed by atoms with E-state index in [0.717, 1.165) is 5.56 Å². The Morgan fingerprint density at radius 1 is 1.20 bits per heavy atom. The van der Waals surface area contributed by atoms with Gasteiger partial charge in [0.15, 0.2) is 6.10 Å². The van der Waals surface area contributed by atoms with Gasteiger partial charge in [-0.1, -0.05) is 45.0 Å². The second-order valence-electron chi connectivity index (χ2n) is 4.61. The summed E-state index contributed by atoms with van der Waals surface area (Å²) >= 11 is 0. The molecule has 0 heterocycles. The van der Waals surface area contributed by atoms with Crippen LogP contribution in [0, 0.1) is 0 Å². The average Bonchev–Trinajstić information content (AvgIpc) is 2.15. The fourth-order valence-corrected chi connectivity index (χ4v) is 1.31. The van der Waals surface area contributed by atoms with Gasteiger partial charge in [-0.25, -0.2) is 4.79 Å². The van der Waals surface area contributed by atoms with Crippen molar-refractivity contribution in [2.24, 2.45) is 0 Å². The molecule has 0 amide bonds. The number of aliphatic hydroxyl groups is 1. The minimum absolute atomic E-state index is 0.0344. The Balaban J connectivity index is 2.95. The molecule has 1 rings (SSSR count). The molecule has 1 aromatic carbocycles. The third kappa shape index (κ3) is 2.80. The molecule has 1 aromatic rings. The van der Waals surface area contributed by atoms with E-state index in [1.54, 1.807) is 12.1 Å². The molecule has 0 aromatic heterocycles. The van der Waals surface area contributed by atoms with Gasteiger partial charge in [0.25, 0.3) is 0 Å². The normalized spacial score (nSPS) is 13.6. The number of aliphatic carboxylic acids is 1. The Bertz CT molecular complexity index is 346. The van der Waals surface area contributed by atoms with Crippen LogP contribution in [0.4, 0.5) is 0 Å². The third-order valence-corrected chi connectivity index (χ3v) is 2.33. The smallest absolute Gasteiger partial charge is 0.337 e. The van der Waals surface area contributed by atoms with Gasteiger partial charge in [-0.05, 0) is 16.5 Å². The van der Waals surface area contributed by atoms with Crippen molar-refractivity contribution >= 4 is 5.97 Å². The van der Waals surface area contributed by atoms with Gasteiger partial charge in [0.2, 0.25) is 0 Å². The van der Waals surface area contributed by atoms with Gasteiger partial charge in [-0.15, -0.1) is 0 Å². The summed E-state index contributed by atoms with van der Waals surface area (Å²) in [6.45, 7) is 6.24. The Morgan fingerprint density at radius 3 is 2.00 bits per heavy atom. The molecular formula is C12H16O3. The van der Waals surface area contributed by atoms with E-state index in [1.165, 1.54) is 0 Å². The van der Waals surface area contributed by atoms with Gasteiger partial charge in [-0.3, -0.25) is 0 Å². The van der Waals surface area contributed by atoms with Gasteiger partial charge in [0.05, 0.1) is 0 Å². The molecule has 3 nitrogen and oxygen atoms in total. The van der Waals surface area contributed by atoms with Crippen LogP contribution in [0.5, 0.6) is 0 Å². The molecule has 82 valence electrons. The molecule has 1 atom stereocenters. The Hall–Kier alpha value is -1.35. The van der Waals surface area contributed by atoms with Gasteiger partial charge >= 0.3 is 5.97 Å². The second kappa shape index (κ2) is 4.03. The van der Waals surface area contributed by atoms with Crippen molar-refractivity contribution in [3.05, 3.63) is 35.4 Å². The maximum atomic E-state index is 10.5. The maximum Gasteiger partial charge on any atom is 0.337 e. The van der Waals surface area contributed by atoms with E-state index in [9.17, 15) is 9.90 Å². The van der Waals surface area contributed by atoms with Crippen LogP contribution in [0.2, 0.25) is 0 Å². The lowest BCUT2D eigenvalue weighted by atomic mass is 9.86. The van der Waals surface area contributed by atoms with Crippen LogP contribution in [-0.4, -0.2) is 16.2 Å².